The van der Waals surface area contributed by atoms with E-state index in [0.29, 0.717) is 18.5 Å². The number of aliphatic hydroxyl groups is 1. The molecule has 0 spiro atoms. The zero-order valence-corrected chi connectivity index (χ0v) is 15.3. The number of hydrogen-bond acceptors (Lipinski definition) is 3. The van der Waals surface area contributed by atoms with Gasteiger partial charge in [0.15, 0.2) is 0 Å². The molecule has 2 saturated heterocycles. The van der Waals surface area contributed by atoms with E-state index in [4.69, 9.17) is 0 Å². The molecule has 0 aromatic rings. The molecule has 5 heteroatoms. The number of aliphatic hydroxyl groups excluding tert-OH is 1. The maximum atomic E-state index is 12.4. The molecule has 138 valence electrons. The van der Waals surface area contributed by atoms with Gasteiger partial charge in [-0.1, -0.05) is 26.2 Å². The lowest BCUT2D eigenvalue weighted by Crippen LogP contribution is -2.53. The van der Waals surface area contributed by atoms with Gasteiger partial charge in [0.2, 0.25) is 0 Å². The summed E-state index contributed by atoms with van der Waals surface area (Å²) in [4.78, 5) is 16.8. The fraction of sp³-hybridized carbons (Fsp3) is 0.947. The van der Waals surface area contributed by atoms with Crippen LogP contribution in [0.2, 0.25) is 0 Å². The van der Waals surface area contributed by atoms with Crippen molar-refractivity contribution in [1.29, 1.82) is 0 Å². The highest BCUT2D eigenvalue weighted by Gasteiger charge is 2.29. The molecule has 0 aromatic heterocycles. The Hall–Kier alpha value is -0.810. The first kappa shape index (κ1) is 18.0. The van der Waals surface area contributed by atoms with Crippen molar-refractivity contribution in [2.24, 2.45) is 11.8 Å². The van der Waals surface area contributed by atoms with E-state index in [1.54, 1.807) is 4.90 Å². The number of carbonyl (C=O) groups is 1. The van der Waals surface area contributed by atoms with Crippen LogP contribution in [0, 0.1) is 11.8 Å². The van der Waals surface area contributed by atoms with Gasteiger partial charge in [-0.3, -0.25) is 0 Å². The third-order valence-corrected chi connectivity index (χ3v) is 6.36. The summed E-state index contributed by atoms with van der Waals surface area (Å²) < 4.78 is 0. The number of carbonyl (C=O) groups excluding carboxylic acids is 1. The van der Waals surface area contributed by atoms with Crippen molar-refractivity contribution in [2.75, 3.05) is 32.7 Å². The van der Waals surface area contributed by atoms with Gasteiger partial charge in [-0.15, -0.1) is 0 Å². The molecule has 2 N–H and O–H groups in total. The van der Waals surface area contributed by atoms with E-state index in [9.17, 15) is 9.90 Å². The number of nitrogens with zero attached hydrogens (tertiary/aromatic N) is 2. The zero-order valence-electron chi connectivity index (χ0n) is 15.3. The number of β-amino-alcohol motifs (C(OH)–C–C–N with tert-alkyl or cyclic N) is 1. The highest BCUT2D eigenvalue weighted by molar-refractivity contribution is 5.74. The predicted octanol–water partition coefficient (Wildman–Crippen LogP) is 2.44. The molecule has 0 radical (unpaired) electrons. The Morgan fingerprint density at radius 1 is 1.04 bits per heavy atom. The molecule has 5 nitrogen and oxygen atoms in total. The predicted molar refractivity (Wildman–Crippen MR) is 95.9 cm³/mol. The summed E-state index contributed by atoms with van der Waals surface area (Å²) in [5.74, 6) is 1.21. The summed E-state index contributed by atoms with van der Waals surface area (Å²) >= 11 is 0. The van der Waals surface area contributed by atoms with Gasteiger partial charge in [-0.2, -0.15) is 0 Å². The number of rotatable bonds is 3. The lowest BCUT2D eigenvalue weighted by molar-refractivity contribution is 0.0422. The molecule has 2 heterocycles. The molecule has 3 fully saturated rings. The largest absolute Gasteiger partial charge is 0.391 e. The van der Waals surface area contributed by atoms with Gasteiger partial charge in [0, 0.05) is 38.8 Å². The van der Waals surface area contributed by atoms with Crippen LogP contribution in [0.4, 0.5) is 4.79 Å². The van der Waals surface area contributed by atoms with Crippen LogP contribution in [0.25, 0.3) is 0 Å². The van der Waals surface area contributed by atoms with Crippen molar-refractivity contribution >= 4 is 6.03 Å². The maximum Gasteiger partial charge on any atom is 0.317 e. The van der Waals surface area contributed by atoms with Crippen molar-refractivity contribution in [1.82, 2.24) is 15.1 Å². The summed E-state index contributed by atoms with van der Waals surface area (Å²) in [6, 6.07) is 0.322. The number of nitrogens with one attached hydrogen (secondary N) is 1. The molecule has 2 unspecified atom stereocenters. The molecule has 1 saturated carbocycles. The molecular weight excluding hydrogens is 302 g/mol. The summed E-state index contributed by atoms with van der Waals surface area (Å²) in [5, 5.41) is 13.2. The fourth-order valence-corrected chi connectivity index (χ4v) is 4.49. The second-order valence-corrected chi connectivity index (χ2v) is 8.31. The van der Waals surface area contributed by atoms with E-state index >= 15 is 0 Å². The Morgan fingerprint density at radius 3 is 2.42 bits per heavy atom. The van der Waals surface area contributed by atoms with Gasteiger partial charge < -0.3 is 20.2 Å². The van der Waals surface area contributed by atoms with Crippen molar-refractivity contribution < 1.29 is 9.90 Å². The highest BCUT2D eigenvalue weighted by atomic mass is 16.3. The lowest BCUT2D eigenvalue weighted by Gasteiger charge is -2.38. The summed E-state index contributed by atoms with van der Waals surface area (Å²) in [6.45, 7) is 6.79. The molecule has 0 aromatic carbocycles. The third-order valence-electron chi connectivity index (χ3n) is 6.36. The van der Waals surface area contributed by atoms with Crippen LogP contribution in [-0.2, 0) is 0 Å². The second kappa shape index (κ2) is 8.52. The topological polar surface area (TPSA) is 55.8 Å². The highest BCUT2D eigenvalue weighted by Crippen LogP contribution is 2.25. The number of urea groups is 1. The van der Waals surface area contributed by atoms with Gasteiger partial charge in [-0.25, -0.2) is 4.79 Å². The van der Waals surface area contributed by atoms with Crippen LogP contribution in [0.3, 0.4) is 0 Å². The minimum absolute atomic E-state index is 0.0201. The van der Waals surface area contributed by atoms with Gasteiger partial charge in [0.1, 0.15) is 0 Å². The van der Waals surface area contributed by atoms with Crippen LogP contribution >= 0.6 is 0 Å². The molecule has 24 heavy (non-hydrogen) atoms. The summed E-state index contributed by atoms with van der Waals surface area (Å²) in [5.41, 5.74) is 0. The second-order valence-electron chi connectivity index (χ2n) is 8.31. The minimum atomic E-state index is -0.373. The third kappa shape index (κ3) is 4.85. The number of hydrogen-bond donors (Lipinski definition) is 2. The quantitative estimate of drug-likeness (QED) is 0.832. The Kier molecular flexibility index (Phi) is 6.39. The zero-order chi connectivity index (χ0) is 16.9. The molecule has 3 rings (SSSR count). The molecule has 3 aliphatic rings. The standard InChI is InChI=1S/C19H35N3O2/c1-15-7-12-22(14-18(15)23)19(24)20-17-8-10-21(11-9-17)13-16-5-3-2-4-6-16/h15-18,23H,2-14H2,1H3,(H,20,24). The summed E-state index contributed by atoms with van der Waals surface area (Å²) in [7, 11) is 0. The molecule has 2 aliphatic heterocycles. The van der Waals surface area contributed by atoms with Gasteiger partial charge in [0.25, 0.3) is 0 Å². The van der Waals surface area contributed by atoms with Gasteiger partial charge in [-0.05, 0) is 43.9 Å². The average Bonchev–Trinajstić information content (AvgIpc) is 2.60. The Balaban J connectivity index is 1.36. The van der Waals surface area contributed by atoms with Crippen molar-refractivity contribution in [3.63, 3.8) is 0 Å². The van der Waals surface area contributed by atoms with E-state index in [1.165, 1.54) is 38.6 Å². The lowest BCUT2D eigenvalue weighted by atomic mass is 9.88. The monoisotopic (exact) mass is 337 g/mol. The number of piperidine rings is 2. The smallest absolute Gasteiger partial charge is 0.317 e. The Labute approximate surface area is 146 Å². The van der Waals surface area contributed by atoms with Gasteiger partial charge >= 0.3 is 6.03 Å². The van der Waals surface area contributed by atoms with E-state index < -0.39 is 0 Å². The molecule has 2 amide bonds. The van der Waals surface area contributed by atoms with Crippen LogP contribution in [-0.4, -0.2) is 65.8 Å². The maximum absolute atomic E-state index is 12.4. The molecule has 2 atom stereocenters. The minimum Gasteiger partial charge on any atom is -0.391 e. The SMILES string of the molecule is CC1CCN(C(=O)NC2CCN(CC3CCCCC3)CC2)CC1O. The molecule has 0 bridgehead atoms. The first-order valence-electron chi connectivity index (χ1n) is 10.1. The molecular formula is C19H35N3O2. The fourth-order valence-electron chi connectivity index (χ4n) is 4.49. The van der Waals surface area contributed by atoms with Crippen molar-refractivity contribution in [3.8, 4) is 0 Å². The number of likely N-dealkylation sites (tertiary alicyclic amines) is 2. The Bertz CT molecular complexity index is 403. The van der Waals surface area contributed by atoms with Crippen molar-refractivity contribution in [2.45, 2.75) is 70.4 Å². The van der Waals surface area contributed by atoms with Crippen LogP contribution < -0.4 is 5.32 Å². The van der Waals surface area contributed by atoms with E-state index in [-0.39, 0.29) is 12.1 Å². The Morgan fingerprint density at radius 2 is 1.75 bits per heavy atom. The van der Waals surface area contributed by atoms with E-state index in [1.807, 2.05) is 0 Å². The van der Waals surface area contributed by atoms with Gasteiger partial charge in [0.05, 0.1) is 6.10 Å². The summed E-state index contributed by atoms with van der Waals surface area (Å²) in [6.07, 6.45) is 9.72. The first-order valence-corrected chi connectivity index (χ1v) is 10.1. The van der Waals surface area contributed by atoms with E-state index in [2.05, 4.69) is 17.1 Å². The average molecular weight is 338 g/mol. The molecule has 1 aliphatic carbocycles. The van der Waals surface area contributed by atoms with Crippen LogP contribution in [0.5, 0.6) is 0 Å². The number of amides is 2. The first-order chi connectivity index (χ1) is 11.6. The van der Waals surface area contributed by atoms with Crippen molar-refractivity contribution in [3.05, 3.63) is 0 Å². The van der Waals surface area contributed by atoms with Crippen LogP contribution in [0.1, 0.15) is 58.3 Å². The van der Waals surface area contributed by atoms with Crippen LogP contribution in [0.15, 0.2) is 0 Å². The normalized spacial score (nSPS) is 31.2. The van der Waals surface area contributed by atoms with E-state index in [0.717, 1.165) is 44.8 Å².